The van der Waals surface area contributed by atoms with Crippen molar-refractivity contribution in [2.75, 3.05) is 13.2 Å². The summed E-state index contributed by atoms with van der Waals surface area (Å²) in [4.78, 5) is 36.6. The summed E-state index contributed by atoms with van der Waals surface area (Å²) in [5.74, 6) is -0.873. The molecule has 0 aromatic heterocycles. The lowest BCUT2D eigenvalue weighted by Crippen LogP contribution is -2.44. The number of carbonyl (C=O) groups is 3. The van der Waals surface area contributed by atoms with Gasteiger partial charge < -0.3 is 20.5 Å². The van der Waals surface area contributed by atoms with E-state index in [1.54, 1.807) is 0 Å². The van der Waals surface area contributed by atoms with Gasteiger partial charge in [-0.05, 0) is 59.8 Å². The molecule has 0 radical (unpaired) electrons. The van der Waals surface area contributed by atoms with E-state index in [9.17, 15) is 14.4 Å². The molecule has 3 atom stereocenters. The van der Waals surface area contributed by atoms with E-state index in [2.05, 4.69) is 34.9 Å². The average molecular weight is 477 g/mol. The Morgan fingerprint density at radius 1 is 0.943 bits per heavy atom. The molecule has 5 rings (SSSR count). The average Bonchev–Trinajstić information content (AvgIpc) is 3.51. The van der Waals surface area contributed by atoms with E-state index in [0.29, 0.717) is 6.54 Å². The van der Waals surface area contributed by atoms with Gasteiger partial charge in [-0.25, -0.2) is 4.79 Å². The van der Waals surface area contributed by atoms with Crippen LogP contribution in [0.15, 0.2) is 48.5 Å². The maximum Gasteiger partial charge on any atom is 0.407 e. The zero-order chi connectivity index (χ0) is 24.4. The number of aliphatic carboxylic acids is 1. The lowest BCUT2D eigenvalue weighted by Gasteiger charge is -2.23. The molecule has 2 amide bonds. The minimum atomic E-state index is -0.887. The van der Waals surface area contributed by atoms with Crippen LogP contribution in [0.1, 0.15) is 55.6 Å². The van der Waals surface area contributed by atoms with Crippen LogP contribution in [-0.4, -0.2) is 42.3 Å². The predicted octanol–water partition coefficient (Wildman–Crippen LogP) is 4.31. The number of hydrogen-bond donors (Lipinski definition) is 3. The van der Waals surface area contributed by atoms with Crippen molar-refractivity contribution in [3.05, 3.63) is 59.7 Å². The molecule has 0 bridgehead atoms. The lowest BCUT2D eigenvalue weighted by molar-refractivity contribution is -0.138. The van der Waals surface area contributed by atoms with Crippen LogP contribution >= 0.6 is 0 Å². The molecule has 2 aromatic rings. The standard InChI is InChI=1S/C28H32N2O5/c31-26(32)14-25(17-12-13-17)30-27(33)19-11-5-6-18(19)15-29-28(34)35-16-24-22-9-3-1-7-20(22)21-8-2-4-10-23(21)24/h1-4,7-10,17-19,24-25H,5-6,11-16H2,(H,29,34)(H,30,33)(H,31,32). The van der Waals surface area contributed by atoms with Crippen LogP contribution < -0.4 is 10.6 Å². The molecule has 7 heteroatoms. The smallest absolute Gasteiger partial charge is 0.407 e. The van der Waals surface area contributed by atoms with Crippen LogP contribution in [0.2, 0.25) is 0 Å². The largest absolute Gasteiger partial charge is 0.481 e. The van der Waals surface area contributed by atoms with Crippen molar-refractivity contribution in [1.82, 2.24) is 10.6 Å². The van der Waals surface area contributed by atoms with Gasteiger partial charge >= 0.3 is 12.1 Å². The van der Waals surface area contributed by atoms with Crippen LogP contribution in [0.3, 0.4) is 0 Å². The van der Waals surface area contributed by atoms with Crippen molar-refractivity contribution < 1.29 is 24.2 Å². The summed E-state index contributed by atoms with van der Waals surface area (Å²) < 4.78 is 5.63. The Balaban J connectivity index is 1.13. The third kappa shape index (κ3) is 5.19. The summed E-state index contributed by atoms with van der Waals surface area (Å²) in [5, 5.41) is 15.0. The fourth-order valence-electron chi connectivity index (χ4n) is 5.80. The maximum atomic E-state index is 12.9. The summed E-state index contributed by atoms with van der Waals surface area (Å²) in [7, 11) is 0. The van der Waals surface area contributed by atoms with E-state index in [1.165, 1.54) is 22.3 Å². The Bertz CT molecular complexity index is 1070. The molecule has 0 aliphatic heterocycles. The highest BCUT2D eigenvalue weighted by molar-refractivity contribution is 5.81. The Hall–Kier alpha value is -3.35. The number of rotatable bonds is 9. The molecule has 35 heavy (non-hydrogen) atoms. The third-order valence-electron chi connectivity index (χ3n) is 7.76. The van der Waals surface area contributed by atoms with Gasteiger partial charge in [-0.2, -0.15) is 0 Å². The molecule has 3 aliphatic carbocycles. The van der Waals surface area contributed by atoms with E-state index in [0.717, 1.165) is 32.1 Å². The van der Waals surface area contributed by atoms with Crippen molar-refractivity contribution in [3.8, 4) is 11.1 Å². The molecule has 2 aromatic carbocycles. The SMILES string of the molecule is O=C(O)CC(NC(=O)C1CCCC1CNC(=O)OCC1c2ccccc2-c2ccccc21)C1CC1. The quantitative estimate of drug-likeness (QED) is 0.500. The second-order valence-corrected chi connectivity index (χ2v) is 10.1. The molecule has 184 valence electrons. The minimum Gasteiger partial charge on any atom is -0.481 e. The summed E-state index contributed by atoms with van der Waals surface area (Å²) >= 11 is 0. The van der Waals surface area contributed by atoms with Gasteiger partial charge in [0.1, 0.15) is 6.61 Å². The first kappa shape index (κ1) is 23.4. The highest BCUT2D eigenvalue weighted by atomic mass is 16.5. The predicted molar refractivity (Wildman–Crippen MR) is 131 cm³/mol. The van der Waals surface area contributed by atoms with Gasteiger partial charge in [0.05, 0.1) is 6.42 Å². The normalized spacial score (nSPS) is 21.6. The zero-order valence-corrected chi connectivity index (χ0v) is 19.7. The van der Waals surface area contributed by atoms with Crippen LogP contribution in [0.25, 0.3) is 11.1 Å². The van der Waals surface area contributed by atoms with Crippen molar-refractivity contribution in [1.29, 1.82) is 0 Å². The fourth-order valence-corrected chi connectivity index (χ4v) is 5.80. The molecule has 0 saturated heterocycles. The number of fused-ring (bicyclic) bond motifs is 3. The first-order valence-corrected chi connectivity index (χ1v) is 12.6. The van der Waals surface area contributed by atoms with Crippen molar-refractivity contribution in [2.45, 2.75) is 50.5 Å². The van der Waals surface area contributed by atoms with E-state index in [1.807, 2.05) is 24.3 Å². The van der Waals surface area contributed by atoms with Gasteiger partial charge in [0.25, 0.3) is 0 Å². The van der Waals surface area contributed by atoms with Gasteiger partial charge in [-0.15, -0.1) is 0 Å². The van der Waals surface area contributed by atoms with Gasteiger partial charge in [0, 0.05) is 24.4 Å². The number of hydrogen-bond acceptors (Lipinski definition) is 4. The van der Waals surface area contributed by atoms with Crippen molar-refractivity contribution in [3.63, 3.8) is 0 Å². The number of carbonyl (C=O) groups excluding carboxylic acids is 2. The third-order valence-corrected chi connectivity index (χ3v) is 7.76. The Morgan fingerprint density at radius 2 is 1.60 bits per heavy atom. The summed E-state index contributed by atoms with van der Waals surface area (Å²) in [6.45, 7) is 0.633. The number of nitrogens with one attached hydrogen (secondary N) is 2. The monoisotopic (exact) mass is 476 g/mol. The van der Waals surface area contributed by atoms with Gasteiger partial charge in [-0.3, -0.25) is 9.59 Å². The fraction of sp³-hybridized carbons (Fsp3) is 0.464. The molecule has 0 spiro atoms. The number of alkyl carbamates (subject to hydrolysis) is 1. The first-order chi connectivity index (χ1) is 17.0. The van der Waals surface area contributed by atoms with Crippen molar-refractivity contribution >= 4 is 18.0 Å². The topological polar surface area (TPSA) is 105 Å². The maximum absolute atomic E-state index is 12.9. The van der Waals surface area contributed by atoms with Gasteiger partial charge in [0.2, 0.25) is 5.91 Å². The van der Waals surface area contributed by atoms with Gasteiger partial charge in [-0.1, -0.05) is 55.0 Å². The molecule has 7 nitrogen and oxygen atoms in total. The van der Waals surface area contributed by atoms with Crippen LogP contribution in [0, 0.1) is 17.8 Å². The number of carboxylic acid groups (broad SMARTS) is 1. The molecule has 3 unspecified atom stereocenters. The molecule has 2 fully saturated rings. The highest BCUT2D eigenvalue weighted by Gasteiger charge is 2.38. The molecule has 3 N–H and O–H groups in total. The van der Waals surface area contributed by atoms with Gasteiger partial charge in [0.15, 0.2) is 0 Å². The van der Waals surface area contributed by atoms with Crippen LogP contribution in [-0.2, 0) is 14.3 Å². The number of benzene rings is 2. The molecular weight excluding hydrogens is 444 g/mol. The lowest BCUT2D eigenvalue weighted by atomic mass is 9.94. The number of carboxylic acids is 1. The van der Waals surface area contributed by atoms with E-state index < -0.39 is 12.1 Å². The second-order valence-electron chi connectivity index (χ2n) is 10.1. The van der Waals surface area contributed by atoms with Crippen LogP contribution in [0.4, 0.5) is 4.79 Å². The first-order valence-electron chi connectivity index (χ1n) is 12.6. The molecular formula is C28H32N2O5. The Morgan fingerprint density at radius 3 is 2.23 bits per heavy atom. The summed E-state index contributed by atoms with van der Waals surface area (Å²) in [5.41, 5.74) is 4.70. The Labute approximate surface area is 205 Å². The Kier molecular flexibility index (Phi) is 6.75. The summed E-state index contributed by atoms with van der Waals surface area (Å²) in [6, 6.07) is 16.1. The number of amides is 2. The molecule has 3 aliphatic rings. The highest BCUT2D eigenvalue weighted by Crippen LogP contribution is 2.44. The van der Waals surface area contributed by atoms with E-state index in [-0.39, 0.29) is 48.6 Å². The summed E-state index contributed by atoms with van der Waals surface area (Å²) in [6.07, 6.45) is 3.96. The number of ether oxygens (including phenoxy) is 1. The van der Waals surface area contributed by atoms with Crippen LogP contribution in [0.5, 0.6) is 0 Å². The van der Waals surface area contributed by atoms with Crippen molar-refractivity contribution in [2.24, 2.45) is 17.8 Å². The second kappa shape index (κ2) is 10.1. The van der Waals surface area contributed by atoms with E-state index in [4.69, 9.17) is 9.84 Å². The molecule has 2 saturated carbocycles. The zero-order valence-electron chi connectivity index (χ0n) is 19.7. The van der Waals surface area contributed by atoms with E-state index >= 15 is 0 Å². The molecule has 0 heterocycles. The minimum absolute atomic E-state index is 0.00625.